The van der Waals surface area contributed by atoms with Gasteiger partial charge in [0.25, 0.3) is 0 Å². The summed E-state index contributed by atoms with van der Waals surface area (Å²) in [5.41, 5.74) is 0. The third-order valence-corrected chi connectivity index (χ3v) is 5.24. The van der Waals surface area contributed by atoms with Crippen molar-refractivity contribution in [2.24, 2.45) is 11.8 Å². The standard InChI is InChI=1S/C15H28N2/c1-12-8-15(9-12)17-7-3-6-14(11-17)16-10-13-4-2-5-13/h12-16H,2-11H2,1H3. The van der Waals surface area contributed by atoms with Crippen molar-refractivity contribution in [1.29, 1.82) is 0 Å². The number of piperidine rings is 1. The molecule has 2 saturated carbocycles. The van der Waals surface area contributed by atoms with Gasteiger partial charge in [0.15, 0.2) is 0 Å². The van der Waals surface area contributed by atoms with E-state index in [1.165, 1.54) is 64.6 Å². The smallest absolute Gasteiger partial charge is 0.0195 e. The Kier molecular flexibility index (Phi) is 3.72. The van der Waals surface area contributed by atoms with Gasteiger partial charge in [-0.2, -0.15) is 0 Å². The molecule has 17 heavy (non-hydrogen) atoms. The molecule has 0 aromatic heterocycles. The molecule has 1 N–H and O–H groups in total. The summed E-state index contributed by atoms with van der Waals surface area (Å²) in [6.45, 7) is 6.37. The molecular formula is C15H28N2. The highest BCUT2D eigenvalue weighted by atomic mass is 15.2. The summed E-state index contributed by atoms with van der Waals surface area (Å²) in [6, 6.07) is 1.72. The van der Waals surface area contributed by atoms with Crippen LogP contribution in [0.4, 0.5) is 0 Å². The molecule has 2 nitrogen and oxygen atoms in total. The van der Waals surface area contributed by atoms with Gasteiger partial charge in [0.05, 0.1) is 0 Å². The molecule has 2 aliphatic carbocycles. The Morgan fingerprint density at radius 1 is 1.12 bits per heavy atom. The Morgan fingerprint density at radius 2 is 1.94 bits per heavy atom. The monoisotopic (exact) mass is 236 g/mol. The molecule has 3 rings (SSSR count). The average molecular weight is 236 g/mol. The van der Waals surface area contributed by atoms with Crippen LogP contribution in [0.5, 0.6) is 0 Å². The van der Waals surface area contributed by atoms with Crippen molar-refractivity contribution in [3.8, 4) is 0 Å². The minimum Gasteiger partial charge on any atom is -0.312 e. The zero-order valence-corrected chi connectivity index (χ0v) is 11.3. The zero-order valence-electron chi connectivity index (χ0n) is 11.3. The third-order valence-electron chi connectivity index (χ3n) is 5.24. The number of hydrogen-bond acceptors (Lipinski definition) is 2. The fraction of sp³-hybridized carbons (Fsp3) is 1.00. The zero-order chi connectivity index (χ0) is 11.7. The second-order valence-electron chi connectivity index (χ2n) is 6.77. The van der Waals surface area contributed by atoms with E-state index in [1.807, 2.05) is 0 Å². The second kappa shape index (κ2) is 5.27. The van der Waals surface area contributed by atoms with E-state index >= 15 is 0 Å². The number of rotatable bonds is 4. The van der Waals surface area contributed by atoms with Crippen LogP contribution >= 0.6 is 0 Å². The summed E-state index contributed by atoms with van der Waals surface area (Å²) < 4.78 is 0. The lowest BCUT2D eigenvalue weighted by atomic mass is 9.80. The Labute approximate surface area is 106 Å². The Balaban J connectivity index is 1.39. The highest BCUT2D eigenvalue weighted by Crippen LogP contribution is 2.32. The summed E-state index contributed by atoms with van der Waals surface area (Å²) in [6.07, 6.45) is 10.2. The van der Waals surface area contributed by atoms with E-state index in [2.05, 4.69) is 17.1 Å². The molecule has 0 amide bonds. The van der Waals surface area contributed by atoms with Crippen molar-refractivity contribution < 1.29 is 0 Å². The quantitative estimate of drug-likeness (QED) is 0.807. The van der Waals surface area contributed by atoms with Gasteiger partial charge < -0.3 is 5.32 Å². The summed E-state index contributed by atoms with van der Waals surface area (Å²) in [5, 5.41) is 3.83. The van der Waals surface area contributed by atoms with Gasteiger partial charge in [-0.15, -0.1) is 0 Å². The van der Waals surface area contributed by atoms with Crippen LogP contribution < -0.4 is 5.32 Å². The van der Waals surface area contributed by atoms with Crippen LogP contribution in [0.15, 0.2) is 0 Å². The van der Waals surface area contributed by atoms with E-state index in [0.29, 0.717) is 0 Å². The summed E-state index contributed by atoms with van der Waals surface area (Å²) in [4.78, 5) is 2.77. The average Bonchev–Trinajstić information content (AvgIpc) is 2.23. The van der Waals surface area contributed by atoms with Gasteiger partial charge in [-0.1, -0.05) is 13.3 Å². The van der Waals surface area contributed by atoms with E-state index < -0.39 is 0 Å². The maximum absolute atomic E-state index is 3.83. The van der Waals surface area contributed by atoms with Gasteiger partial charge in [-0.05, 0) is 63.5 Å². The maximum atomic E-state index is 3.83. The van der Waals surface area contributed by atoms with Gasteiger partial charge in [0.1, 0.15) is 0 Å². The molecule has 1 atom stereocenters. The van der Waals surface area contributed by atoms with E-state index in [-0.39, 0.29) is 0 Å². The lowest BCUT2D eigenvalue weighted by Gasteiger charge is -2.45. The van der Waals surface area contributed by atoms with Crippen LogP contribution in [0.1, 0.15) is 51.9 Å². The molecule has 3 aliphatic rings. The molecule has 1 heterocycles. The van der Waals surface area contributed by atoms with Crippen LogP contribution in [0.25, 0.3) is 0 Å². The molecule has 3 fully saturated rings. The van der Waals surface area contributed by atoms with Gasteiger partial charge in [0, 0.05) is 18.6 Å². The number of nitrogens with one attached hydrogen (secondary N) is 1. The molecule has 0 spiro atoms. The lowest BCUT2D eigenvalue weighted by molar-refractivity contribution is 0.0551. The van der Waals surface area contributed by atoms with E-state index in [0.717, 1.165) is 23.9 Å². The van der Waals surface area contributed by atoms with Crippen LogP contribution in [0, 0.1) is 11.8 Å². The fourth-order valence-corrected chi connectivity index (χ4v) is 3.69. The molecule has 98 valence electrons. The van der Waals surface area contributed by atoms with Gasteiger partial charge >= 0.3 is 0 Å². The highest BCUT2D eigenvalue weighted by molar-refractivity contribution is 4.90. The third kappa shape index (κ3) is 2.85. The lowest BCUT2D eigenvalue weighted by Crippen LogP contribution is -2.53. The fourth-order valence-electron chi connectivity index (χ4n) is 3.69. The number of likely N-dealkylation sites (tertiary alicyclic amines) is 1. The molecular weight excluding hydrogens is 208 g/mol. The molecule has 1 aliphatic heterocycles. The van der Waals surface area contributed by atoms with Gasteiger partial charge in [-0.3, -0.25) is 4.90 Å². The number of hydrogen-bond donors (Lipinski definition) is 1. The summed E-state index contributed by atoms with van der Waals surface area (Å²) in [5.74, 6) is 2.00. The predicted octanol–water partition coefficient (Wildman–Crippen LogP) is 2.64. The van der Waals surface area contributed by atoms with E-state index in [4.69, 9.17) is 0 Å². The van der Waals surface area contributed by atoms with Crippen LogP contribution in [-0.4, -0.2) is 36.6 Å². The van der Waals surface area contributed by atoms with E-state index in [1.54, 1.807) is 0 Å². The molecule has 0 aromatic rings. The van der Waals surface area contributed by atoms with Crippen molar-refractivity contribution in [3.63, 3.8) is 0 Å². The van der Waals surface area contributed by atoms with Crippen LogP contribution in [-0.2, 0) is 0 Å². The topological polar surface area (TPSA) is 15.3 Å². The normalized spacial score (nSPS) is 39.7. The Bertz CT molecular complexity index is 243. The molecule has 0 radical (unpaired) electrons. The second-order valence-corrected chi connectivity index (χ2v) is 6.77. The van der Waals surface area contributed by atoms with E-state index in [9.17, 15) is 0 Å². The minimum atomic E-state index is 0.792. The predicted molar refractivity (Wildman–Crippen MR) is 72.1 cm³/mol. The molecule has 0 bridgehead atoms. The highest BCUT2D eigenvalue weighted by Gasteiger charge is 2.33. The van der Waals surface area contributed by atoms with Gasteiger partial charge in [0.2, 0.25) is 0 Å². The Morgan fingerprint density at radius 3 is 2.59 bits per heavy atom. The maximum Gasteiger partial charge on any atom is 0.0195 e. The van der Waals surface area contributed by atoms with Crippen molar-refractivity contribution in [3.05, 3.63) is 0 Å². The molecule has 2 heteroatoms. The summed E-state index contributed by atoms with van der Waals surface area (Å²) in [7, 11) is 0. The molecule has 0 aromatic carbocycles. The first-order chi connectivity index (χ1) is 8.31. The number of nitrogens with zero attached hydrogens (tertiary/aromatic N) is 1. The van der Waals surface area contributed by atoms with Crippen molar-refractivity contribution >= 4 is 0 Å². The molecule has 1 saturated heterocycles. The largest absolute Gasteiger partial charge is 0.312 e. The van der Waals surface area contributed by atoms with Crippen LogP contribution in [0.3, 0.4) is 0 Å². The Hall–Kier alpha value is -0.0800. The summed E-state index contributed by atoms with van der Waals surface area (Å²) >= 11 is 0. The SMILES string of the molecule is CC1CC(N2CCCC(NCC3CCC3)C2)C1. The van der Waals surface area contributed by atoms with Crippen molar-refractivity contribution in [2.75, 3.05) is 19.6 Å². The van der Waals surface area contributed by atoms with Gasteiger partial charge in [-0.25, -0.2) is 0 Å². The molecule has 1 unspecified atom stereocenters. The van der Waals surface area contributed by atoms with Crippen LogP contribution in [0.2, 0.25) is 0 Å². The first kappa shape index (κ1) is 12.0. The first-order valence-electron chi connectivity index (χ1n) is 7.78. The van der Waals surface area contributed by atoms with Crippen molar-refractivity contribution in [2.45, 2.75) is 64.0 Å². The van der Waals surface area contributed by atoms with Crippen molar-refractivity contribution in [1.82, 2.24) is 10.2 Å². The minimum absolute atomic E-state index is 0.792. The first-order valence-corrected chi connectivity index (χ1v) is 7.78.